The number of rotatable bonds is 0. The van der Waals surface area contributed by atoms with Crippen molar-refractivity contribution in [3.05, 3.63) is 47.0 Å². The molecule has 0 fully saturated rings. The summed E-state index contributed by atoms with van der Waals surface area (Å²) in [7, 11) is 0. The highest BCUT2D eigenvalue weighted by atomic mass is 32.1. The third-order valence-electron chi connectivity index (χ3n) is 2.44. The highest BCUT2D eigenvalue weighted by molar-refractivity contribution is 7.13. The monoisotopic (exact) mass is 199 g/mol. The highest BCUT2D eigenvalue weighted by Gasteiger charge is 2.12. The summed E-state index contributed by atoms with van der Waals surface area (Å²) < 4.78 is 0. The van der Waals surface area contributed by atoms with E-state index in [4.69, 9.17) is 0 Å². The van der Waals surface area contributed by atoms with Crippen LogP contribution in [0, 0.1) is 0 Å². The Labute approximate surface area is 86.7 Å². The Morgan fingerprint density at radius 3 is 3.29 bits per heavy atom. The number of allylic oxidation sites excluding steroid dienone is 1. The molecule has 0 aliphatic heterocycles. The summed E-state index contributed by atoms with van der Waals surface area (Å²) in [6.07, 6.45) is 7.25. The maximum absolute atomic E-state index is 4.45. The maximum atomic E-state index is 4.45. The molecule has 2 heterocycles. The van der Waals surface area contributed by atoms with Crippen LogP contribution in [0.25, 0.3) is 16.6 Å². The zero-order valence-electron chi connectivity index (χ0n) is 7.60. The van der Waals surface area contributed by atoms with Gasteiger partial charge in [-0.25, -0.2) is 0 Å². The highest BCUT2D eigenvalue weighted by Crippen LogP contribution is 2.33. The molecule has 0 spiro atoms. The van der Waals surface area contributed by atoms with Crippen molar-refractivity contribution < 1.29 is 0 Å². The van der Waals surface area contributed by atoms with Gasteiger partial charge in [0.25, 0.3) is 0 Å². The van der Waals surface area contributed by atoms with Crippen LogP contribution in [0.4, 0.5) is 0 Å². The number of nitrogens with zero attached hydrogens (tertiary/aromatic N) is 1. The molecule has 0 aromatic carbocycles. The van der Waals surface area contributed by atoms with Gasteiger partial charge in [0.1, 0.15) is 0 Å². The standard InChI is InChI=1S/C12H9NS/c1-3-9-5-2-7-13-11(9)12-10(4-1)6-8-14-12/h1-3,5-8H,4H2. The first-order valence-corrected chi connectivity index (χ1v) is 5.51. The lowest BCUT2D eigenvalue weighted by Gasteiger charge is -2.01. The summed E-state index contributed by atoms with van der Waals surface area (Å²) >= 11 is 1.78. The fourth-order valence-corrected chi connectivity index (χ4v) is 2.71. The van der Waals surface area contributed by atoms with Crippen molar-refractivity contribution in [1.29, 1.82) is 0 Å². The van der Waals surface area contributed by atoms with Gasteiger partial charge in [0.15, 0.2) is 0 Å². The number of hydrogen-bond acceptors (Lipinski definition) is 2. The molecule has 2 aromatic rings. The molecule has 14 heavy (non-hydrogen) atoms. The normalized spacial score (nSPS) is 13.1. The van der Waals surface area contributed by atoms with E-state index < -0.39 is 0 Å². The molecule has 3 rings (SSSR count). The first-order chi connectivity index (χ1) is 6.95. The van der Waals surface area contributed by atoms with Crippen LogP contribution in [-0.4, -0.2) is 4.98 Å². The van der Waals surface area contributed by atoms with Gasteiger partial charge < -0.3 is 0 Å². The number of thiophene rings is 1. The number of fused-ring (bicyclic) bond motifs is 3. The summed E-state index contributed by atoms with van der Waals surface area (Å²) in [6, 6.07) is 6.30. The maximum Gasteiger partial charge on any atom is 0.0876 e. The Morgan fingerprint density at radius 2 is 2.29 bits per heavy atom. The average Bonchev–Trinajstić information content (AvgIpc) is 2.61. The largest absolute Gasteiger partial charge is 0.255 e. The van der Waals surface area contributed by atoms with Crippen LogP contribution in [0.1, 0.15) is 11.1 Å². The van der Waals surface area contributed by atoms with E-state index in [1.807, 2.05) is 12.3 Å². The number of pyridine rings is 1. The Morgan fingerprint density at radius 1 is 1.29 bits per heavy atom. The van der Waals surface area contributed by atoms with Gasteiger partial charge in [0, 0.05) is 11.8 Å². The summed E-state index contributed by atoms with van der Waals surface area (Å²) in [5.74, 6) is 0. The van der Waals surface area contributed by atoms with Gasteiger partial charge in [-0.3, -0.25) is 4.98 Å². The Hall–Kier alpha value is -1.41. The molecule has 0 bridgehead atoms. The number of aromatic nitrogens is 1. The van der Waals surface area contributed by atoms with E-state index in [2.05, 4.69) is 34.6 Å². The molecule has 0 saturated carbocycles. The molecule has 1 aliphatic rings. The molecule has 0 amide bonds. The van der Waals surface area contributed by atoms with E-state index in [9.17, 15) is 0 Å². The van der Waals surface area contributed by atoms with Crippen molar-refractivity contribution in [2.45, 2.75) is 6.42 Å². The fourth-order valence-electron chi connectivity index (χ4n) is 1.76. The van der Waals surface area contributed by atoms with E-state index >= 15 is 0 Å². The van der Waals surface area contributed by atoms with Gasteiger partial charge in [-0.15, -0.1) is 11.3 Å². The van der Waals surface area contributed by atoms with Crippen molar-refractivity contribution in [2.24, 2.45) is 0 Å². The molecular weight excluding hydrogens is 190 g/mol. The van der Waals surface area contributed by atoms with Gasteiger partial charge in [0.2, 0.25) is 0 Å². The Bertz CT molecular complexity index is 497. The van der Waals surface area contributed by atoms with Crippen LogP contribution in [0.15, 0.2) is 35.9 Å². The molecule has 0 atom stereocenters. The quantitative estimate of drug-likeness (QED) is 0.634. The SMILES string of the molecule is C1=Cc2cccnc2-c2sccc2C1. The Kier molecular flexibility index (Phi) is 1.74. The van der Waals surface area contributed by atoms with Gasteiger partial charge in [-0.2, -0.15) is 0 Å². The van der Waals surface area contributed by atoms with E-state index in [1.165, 1.54) is 16.0 Å². The molecule has 1 aliphatic carbocycles. The van der Waals surface area contributed by atoms with Crippen LogP contribution in [0.3, 0.4) is 0 Å². The minimum Gasteiger partial charge on any atom is -0.255 e. The Balaban J connectivity index is 2.34. The van der Waals surface area contributed by atoms with Crippen LogP contribution >= 0.6 is 11.3 Å². The van der Waals surface area contributed by atoms with Crippen LogP contribution in [-0.2, 0) is 6.42 Å². The van der Waals surface area contributed by atoms with Crippen molar-refractivity contribution in [3.8, 4) is 10.6 Å². The smallest absolute Gasteiger partial charge is 0.0876 e. The van der Waals surface area contributed by atoms with Gasteiger partial charge in [-0.05, 0) is 29.5 Å². The lowest BCUT2D eigenvalue weighted by atomic mass is 10.1. The number of hydrogen-bond donors (Lipinski definition) is 0. The molecule has 0 unspecified atom stereocenters. The van der Waals surface area contributed by atoms with E-state index in [1.54, 1.807) is 11.3 Å². The van der Waals surface area contributed by atoms with E-state index in [-0.39, 0.29) is 0 Å². The summed E-state index contributed by atoms with van der Waals surface area (Å²) in [6.45, 7) is 0. The third kappa shape index (κ3) is 1.11. The lowest BCUT2D eigenvalue weighted by Crippen LogP contribution is -1.85. The second-order valence-electron chi connectivity index (χ2n) is 3.32. The second-order valence-corrected chi connectivity index (χ2v) is 4.24. The summed E-state index contributed by atoms with van der Waals surface area (Å²) in [4.78, 5) is 5.78. The molecule has 68 valence electrons. The minimum atomic E-state index is 1.02. The predicted molar refractivity (Wildman–Crippen MR) is 60.3 cm³/mol. The van der Waals surface area contributed by atoms with Gasteiger partial charge >= 0.3 is 0 Å². The van der Waals surface area contributed by atoms with Gasteiger partial charge in [-0.1, -0.05) is 18.2 Å². The van der Waals surface area contributed by atoms with Gasteiger partial charge in [0.05, 0.1) is 10.6 Å². The molecule has 0 saturated heterocycles. The van der Waals surface area contributed by atoms with Crippen molar-refractivity contribution in [3.63, 3.8) is 0 Å². The van der Waals surface area contributed by atoms with E-state index in [0.29, 0.717) is 0 Å². The average molecular weight is 199 g/mol. The molecular formula is C12H9NS. The summed E-state index contributed by atoms with van der Waals surface area (Å²) in [5.41, 5.74) is 3.75. The molecule has 2 heteroatoms. The molecule has 0 radical (unpaired) electrons. The van der Waals surface area contributed by atoms with Crippen molar-refractivity contribution in [1.82, 2.24) is 4.98 Å². The van der Waals surface area contributed by atoms with Crippen LogP contribution in [0.2, 0.25) is 0 Å². The second kappa shape index (κ2) is 3.07. The van der Waals surface area contributed by atoms with Crippen LogP contribution < -0.4 is 0 Å². The first-order valence-electron chi connectivity index (χ1n) is 4.63. The lowest BCUT2D eigenvalue weighted by molar-refractivity contribution is 1.29. The topological polar surface area (TPSA) is 12.9 Å². The molecule has 1 nitrogen and oxygen atoms in total. The third-order valence-corrected chi connectivity index (χ3v) is 3.40. The zero-order valence-corrected chi connectivity index (χ0v) is 8.42. The van der Waals surface area contributed by atoms with E-state index in [0.717, 1.165) is 12.1 Å². The molecule has 2 aromatic heterocycles. The minimum absolute atomic E-state index is 1.02. The zero-order chi connectivity index (χ0) is 9.38. The predicted octanol–water partition coefficient (Wildman–Crippen LogP) is 3.38. The van der Waals surface area contributed by atoms with Crippen molar-refractivity contribution in [2.75, 3.05) is 0 Å². The van der Waals surface area contributed by atoms with Crippen LogP contribution in [0.5, 0.6) is 0 Å². The summed E-state index contributed by atoms with van der Waals surface area (Å²) in [5, 5.41) is 2.14. The molecule has 0 N–H and O–H groups in total. The fraction of sp³-hybridized carbons (Fsp3) is 0.0833. The van der Waals surface area contributed by atoms with Crippen molar-refractivity contribution >= 4 is 17.4 Å². The first kappa shape index (κ1) is 7.94.